The number of carbonyl (C=O) groups is 3. The predicted molar refractivity (Wildman–Crippen MR) is 98.0 cm³/mol. The van der Waals surface area contributed by atoms with Crippen LogP contribution in [0.3, 0.4) is 0 Å². The van der Waals surface area contributed by atoms with Crippen LogP contribution in [-0.2, 0) is 14.3 Å². The molecular weight excluding hydrogens is 358 g/mol. The van der Waals surface area contributed by atoms with Gasteiger partial charge in [0.15, 0.2) is 0 Å². The van der Waals surface area contributed by atoms with Gasteiger partial charge in [-0.25, -0.2) is 0 Å². The first-order valence-electron chi connectivity index (χ1n) is 7.98. The lowest BCUT2D eigenvalue weighted by Gasteiger charge is -2.12. The van der Waals surface area contributed by atoms with Crippen LogP contribution >= 0.6 is 11.8 Å². The monoisotopic (exact) mass is 379 g/mol. The van der Waals surface area contributed by atoms with Crippen molar-refractivity contribution in [2.24, 2.45) is 5.92 Å². The number of imide groups is 1. The lowest BCUT2D eigenvalue weighted by Crippen LogP contribution is -2.34. The lowest BCUT2D eigenvalue weighted by atomic mass is 10.1. The molecule has 0 unspecified atom stereocenters. The van der Waals surface area contributed by atoms with E-state index in [0.29, 0.717) is 17.1 Å². The van der Waals surface area contributed by atoms with Crippen LogP contribution in [0.2, 0.25) is 0 Å². The number of rotatable bonds is 7. The van der Waals surface area contributed by atoms with Gasteiger partial charge in [-0.15, -0.1) is 0 Å². The Morgan fingerprint density at radius 1 is 1.23 bits per heavy atom. The second-order valence-corrected chi connectivity index (χ2v) is 6.95. The normalized spacial score (nSPS) is 15.7. The van der Waals surface area contributed by atoms with E-state index in [0.717, 1.165) is 16.7 Å². The zero-order chi connectivity index (χ0) is 19.3. The molecule has 7 nitrogen and oxygen atoms in total. The molecule has 0 N–H and O–H groups in total. The molecule has 1 aliphatic rings. The summed E-state index contributed by atoms with van der Waals surface area (Å²) in [5, 5.41) is -0.504. The third-order valence-electron chi connectivity index (χ3n) is 3.47. The van der Waals surface area contributed by atoms with Crippen LogP contribution in [0.15, 0.2) is 23.1 Å². The van der Waals surface area contributed by atoms with Crippen molar-refractivity contribution in [3.8, 4) is 11.5 Å². The van der Waals surface area contributed by atoms with Crippen molar-refractivity contribution in [3.63, 3.8) is 0 Å². The van der Waals surface area contributed by atoms with Gasteiger partial charge in [-0.05, 0) is 35.9 Å². The van der Waals surface area contributed by atoms with Gasteiger partial charge in [-0.2, -0.15) is 0 Å². The number of benzene rings is 1. The molecule has 0 aromatic heterocycles. The molecule has 0 spiro atoms. The number of ether oxygens (including phenoxy) is 3. The molecule has 2 amide bonds. The third-order valence-corrected chi connectivity index (χ3v) is 4.37. The molecule has 0 saturated carbocycles. The maximum Gasteiger partial charge on any atom is 0.326 e. The van der Waals surface area contributed by atoms with Crippen LogP contribution in [-0.4, -0.2) is 49.4 Å². The summed E-state index contributed by atoms with van der Waals surface area (Å²) in [6.07, 6.45) is 1.56. The first-order valence-corrected chi connectivity index (χ1v) is 8.80. The Balaban J connectivity index is 2.15. The first kappa shape index (κ1) is 19.8. The maximum atomic E-state index is 12.5. The Morgan fingerprint density at radius 3 is 2.58 bits per heavy atom. The average Bonchev–Trinajstić information content (AvgIpc) is 2.87. The van der Waals surface area contributed by atoms with Gasteiger partial charge < -0.3 is 14.2 Å². The van der Waals surface area contributed by atoms with E-state index in [1.807, 2.05) is 13.8 Å². The van der Waals surface area contributed by atoms with Crippen LogP contribution in [0.25, 0.3) is 6.08 Å². The molecule has 1 aromatic rings. The highest BCUT2D eigenvalue weighted by molar-refractivity contribution is 8.18. The summed E-state index contributed by atoms with van der Waals surface area (Å²) >= 11 is 0.776. The van der Waals surface area contributed by atoms with Crippen molar-refractivity contribution in [3.05, 3.63) is 28.7 Å². The van der Waals surface area contributed by atoms with Gasteiger partial charge in [0.25, 0.3) is 11.1 Å². The van der Waals surface area contributed by atoms with Crippen LogP contribution in [0.5, 0.6) is 11.5 Å². The fourth-order valence-electron chi connectivity index (χ4n) is 2.15. The Bertz CT molecular complexity index is 743. The molecule has 1 saturated heterocycles. The highest BCUT2D eigenvalue weighted by Crippen LogP contribution is 2.34. The summed E-state index contributed by atoms with van der Waals surface area (Å²) in [5.41, 5.74) is 0.626. The first-order chi connectivity index (χ1) is 12.3. The molecule has 1 aromatic carbocycles. The molecule has 0 radical (unpaired) electrons. The summed E-state index contributed by atoms with van der Waals surface area (Å²) < 4.78 is 15.5. The van der Waals surface area contributed by atoms with Gasteiger partial charge in [0.2, 0.25) is 0 Å². The Morgan fingerprint density at radius 2 is 1.96 bits per heavy atom. The Hall–Kier alpha value is -2.48. The van der Waals surface area contributed by atoms with Crippen molar-refractivity contribution in [2.75, 3.05) is 27.4 Å². The van der Waals surface area contributed by atoms with Gasteiger partial charge >= 0.3 is 5.97 Å². The largest absolute Gasteiger partial charge is 0.497 e. The van der Waals surface area contributed by atoms with Gasteiger partial charge in [-0.1, -0.05) is 13.8 Å². The zero-order valence-corrected chi connectivity index (χ0v) is 15.9. The van der Waals surface area contributed by atoms with E-state index in [4.69, 9.17) is 14.2 Å². The molecule has 140 valence electrons. The Kier molecular flexibility index (Phi) is 6.68. The molecular formula is C18H21NO6S. The number of nitrogens with zero attached hydrogens (tertiary/aromatic N) is 1. The van der Waals surface area contributed by atoms with Gasteiger partial charge in [-0.3, -0.25) is 19.3 Å². The van der Waals surface area contributed by atoms with Crippen LogP contribution in [0, 0.1) is 5.92 Å². The summed E-state index contributed by atoms with van der Waals surface area (Å²) in [7, 11) is 3.04. The topological polar surface area (TPSA) is 82.1 Å². The smallest absolute Gasteiger partial charge is 0.326 e. The number of amides is 2. The summed E-state index contributed by atoms with van der Waals surface area (Å²) in [4.78, 5) is 37.4. The predicted octanol–water partition coefficient (Wildman–Crippen LogP) is 2.94. The summed E-state index contributed by atoms with van der Waals surface area (Å²) in [5.74, 6) is 0.160. The van der Waals surface area contributed by atoms with Crippen LogP contribution in [0.1, 0.15) is 19.4 Å². The minimum Gasteiger partial charge on any atom is -0.497 e. The minimum atomic E-state index is -0.607. The van der Waals surface area contributed by atoms with Crippen LogP contribution in [0.4, 0.5) is 4.79 Å². The number of thioether (sulfide) groups is 1. The standard InChI is InChI=1S/C18H21NO6S/c1-11(2)10-25-16(20)9-19-17(21)15(26-18(19)22)7-12-5-6-13(23-3)8-14(12)24-4/h5-8,11H,9-10H2,1-4H3/b15-7+. The van der Waals surface area contributed by atoms with Crippen molar-refractivity contribution >= 4 is 35.0 Å². The number of esters is 1. The van der Waals surface area contributed by atoms with E-state index in [1.54, 1.807) is 24.3 Å². The van der Waals surface area contributed by atoms with Gasteiger partial charge in [0.1, 0.15) is 18.0 Å². The average molecular weight is 379 g/mol. The second-order valence-electron chi connectivity index (χ2n) is 5.95. The SMILES string of the molecule is COc1ccc(/C=C2/SC(=O)N(CC(=O)OCC(C)C)C2=O)c(OC)c1. The highest BCUT2D eigenvalue weighted by atomic mass is 32.2. The van der Waals surface area contributed by atoms with Gasteiger partial charge in [0.05, 0.1) is 25.7 Å². The fraction of sp³-hybridized carbons (Fsp3) is 0.389. The molecule has 1 aliphatic heterocycles. The van der Waals surface area contributed by atoms with E-state index >= 15 is 0 Å². The molecule has 0 atom stereocenters. The van der Waals surface area contributed by atoms with Crippen LogP contribution < -0.4 is 9.47 Å². The van der Waals surface area contributed by atoms with Crippen molar-refractivity contribution in [1.29, 1.82) is 0 Å². The van der Waals surface area contributed by atoms with E-state index in [2.05, 4.69) is 0 Å². The van der Waals surface area contributed by atoms with Crippen molar-refractivity contribution in [2.45, 2.75) is 13.8 Å². The Labute approximate surface area is 156 Å². The quantitative estimate of drug-likeness (QED) is 0.532. The van der Waals surface area contributed by atoms with E-state index < -0.39 is 23.7 Å². The third kappa shape index (κ3) is 4.78. The second kappa shape index (κ2) is 8.75. The number of hydrogen-bond acceptors (Lipinski definition) is 7. The maximum absolute atomic E-state index is 12.5. The van der Waals surface area contributed by atoms with Crippen molar-refractivity contribution in [1.82, 2.24) is 4.90 Å². The summed E-state index contributed by atoms with van der Waals surface area (Å²) in [6.45, 7) is 3.65. The molecule has 8 heteroatoms. The molecule has 0 aliphatic carbocycles. The zero-order valence-electron chi connectivity index (χ0n) is 15.1. The van der Waals surface area contributed by atoms with E-state index in [1.165, 1.54) is 14.2 Å². The van der Waals surface area contributed by atoms with Gasteiger partial charge in [0, 0.05) is 11.6 Å². The highest BCUT2D eigenvalue weighted by Gasteiger charge is 2.36. The fourth-order valence-corrected chi connectivity index (χ4v) is 2.98. The van der Waals surface area contributed by atoms with E-state index in [9.17, 15) is 14.4 Å². The molecule has 1 fully saturated rings. The number of carbonyl (C=O) groups excluding carboxylic acids is 3. The number of hydrogen-bond donors (Lipinski definition) is 0. The molecule has 0 bridgehead atoms. The van der Waals surface area contributed by atoms with E-state index in [-0.39, 0.29) is 17.4 Å². The minimum absolute atomic E-state index is 0.177. The van der Waals surface area contributed by atoms with Crippen molar-refractivity contribution < 1.29 is 28.6 Å². The molecule has 26 heavy (non-hydrogen) atoms. The summed E-state index contributed by atoms with van der Waals surface area (Å²) in [6, 6.07) is 5.13. The molecule has 1 heterocycles. The number of methoxy groups -OCH3 is 2. The lowest BCUT2D eigenvalue weighted by molar-refractivity contribution is -0.147. The molecule has 2 rings (SSSR count).